The van der Waals surface area contributed by atoms with E-state index in [4.69, 9.17) is 0 Å². The van der Waals surface area contributed by atoms with E-state index in [1.165, 1.54) is 0 Å². The molecule has 0 bridgehead atoms. The van der Waals surface area contributed by atoms with Crippen molar-refractivity contribution in [3.63, 3.8) is 0 Å². The van der Waals surface area contributed by atoms with E-state index in [0.717, 1.165) is 20.8 Å². The molecule has 0 radical (unpaired) electrons. The lowest BCUT2D eigenvalue weighted by molar-refractivity contribution is -0.134. The molecule has 1 aliphatic heterocycles. The molecule has 4 nitrogen and oxygen atoms in total. The van der Waals surface area contributed by atoms with E-state index in [9.17, 15) is 9.59 Å². The number of imide groups is 1. The first-order chi connectivity index (χ1) is 9.15. The van der Waals surface area contributed by atoms with E-state index >= 15 is 0 Å². The summed E-state index contributed by atoms with van der Waals surface area (Å²) in [6, 6.07) is 5.84. The van der Waals surface area contributed by atoms with Crippen LogP contribution in [0.25, 0.3) is 10.8 Å². The van der Waals surface area contributed by atoms with Gasteiger partial charge in [0.1, 0.15) is 0 Å². The number of hydrogen-bond acceptors (Lipinski definition) is 3. The molecule has 1 unspecified atom stereocenters. The van der Waals surface area contributed by atoms with Gasteiger partial charge >= 0.3 is 0 Å². The predicted molar refractivity (Wildman–Crippen MR) is 74.6 cm³/mol. The minimum absolute atomic E-state index is 0.192. The lowest BCUT2D eigenvalue weighted by Gasteiger charge is -2.21. The molecule has 2 heterocycles. The second-order valence-corrected chi connectivity index (χ2v) is 5.46. The van der Waals surface area contributed by atoms with Crippen LogP contribution in [0.15, 0.2) is 35.1 Å². The summed E-state index contributed by atoms with van der Waals surface area (Å²) in [7, 11) is 0. The summed E-state index contributed by atoms with van der Waals surface area (Å²) >= 11 is 3.52. The van der Waals surface area contributed by atoms with Gasteiger partial charge in [-0.2, -0.15) is 0 Å². The molecule has 0 spiro atoms. The topological polar surface area (TPSA) is 59.1 Å². The van der Waals surface area contributed by atoms with Gasteiger partial charge in [0.15, 0.2) is 0 Å². The molecule has 3 rings (SSSR count). The van der Waals surface area contributed by atoms with Gasteiger partial charge in [-0.05, 0) is 35.6 Å². The van der Waals surface area contributed by atoms with Gasteiger partial charge in [-0.25, -0.2) is 0 Å². The van der Waals surface area contributed by atoms with Crippen molar-refractivity contribution in [3.8, 4) is 0 Å². The Kier molecular flexibility index (Phi) is 3.06. The van der Waals surface area contributed by atoms with E-state index in [-0.39, 0.29) is 17.7 Å². The lowest BCUT2D eigenvalue weighted by atomic mass is 9.89. The maximum atomic E-state index is 11.9. The monoisotopic (exact) mass is 318 g/mol. The molecule has 1 fully saturated rings. The van der Waals surface area contributed by atoms with Crippen molar-refractivity contribution >= 4 is 38.5 Å². The first-order valence-corrected chi connectivity index (χ1v) is 6.81. The second-order valence-electron chi connectivity index (χ2n) is 4.60. The van der Waals surface area contributed by atoms with E-state index in [1.54, 1.807) is 12.4 Å². The fourth-order valence-electron chi connectivity index (χ4n) is 2.40. The first-order valence-electron chi connectivity index (χ1n) is 6.02. The Morgan fingerprint density at radius 2 is 2.16 bits per heavy atom. The number of pyridine rings is 1. The standard InChI is InChI=1S/C14H11BrN2O2/c15-12-6-8(5-9-7-16-4-3-10(9)12)11-1-2-13(18)17-14(11)19/h3-7,11H,1-2H2,(H,17,18,19). The number of carbonyl (C=O) groups is 2. The first kappa shape index (κ1) is 12.3. The fraction of sp³-hybridized carbons (Fsp3) is 0.214. The van der Waals surface area contributed by atoms with Crippen LogP contribution in [-0.2, 0) is 9.59 Å². The van der Waals surface area contributed by atoms with Crippen LogP contribution >= 0.6 is 15.9 Å². The lowest BCUT2D eigenvalue weighted by Crippen LogP contribution is -2.39. The van der Waals surface area contributed by atoms with Crippen LogP contribution in [0.2, 0.25) is 0 Å². The minimum Gasteiger partial charge on any atom is -0.296 e. The van der Waals surface area contributed by atoms with Gasteiger partial charge in [0.2, 0.25) is 11.8 Å². The zero-order valence-corrected chi connectivity index (χ0v) is 11.6. The third-order valence-electron chi connectivity index (χ3n) is 3.37. The summed E-state index contributed by atoms with van der Waals surface area (Å²) in [6.45, 7) is 0. The molecule has 1 aromatic carbocycles. The van der Waals surface area contributed by atoms with Crippen molar-refractivity contribution in [3.05, 3.63) is 40.6 Å². The smallest absolute Gasteiger partial charge is 0.234 e. The number of fused-ring (bicyclic) bond motifs is 1. The van der Waals surface area contributed by atoms with Gasteiger partial charge < -0.3 is 0 Å². The van der Waals surface area contributed by atoms with Gasteiger partial charge in [-0.1, -0.05) is 15.9 Å². The number of piperidine rings is 1. The van der Waals surface area contributed by atoms with Crippen molar-refractivity contribution in [2.45, 2.75) is 18.8 Å². The number of nitrogens with zero attached hydrogens (tertiary/aromatic N) is 1. The number of hydrogen-bond donors (Lipinski definition) is 1. The summed E-state index contributed by atoms with van der Waals surface area (Å²) in [5.41, 5.74) is 0.914. The van der Waals surface area contributed by atoms with Crippen molar-refractivity contribution in [1.82, 2.24) is 10.3 Å². The number of carbonyl (C=O) groups excluding carboxylic acids is 2. The van der Waals surface area contributed by atoms with Crippen molar-refractivity contribution in [2.24, 2.45) is 0 Å². The number of nitrogens with one attached hydrogen (secondary N) is 1. The molecule has 19 heavy (non-hydrogen) atoms. The SMILES string of the molecule is O=C1CCC(c2cc(Br)c3ccncc3c2)C(=O)N1. The molecule has 0 aliphatic carbocycles. The molecule has 1 saturated heterocycles. The van der Waals surface area contributed by atoms with Gasteiger partial charge in [0.25, 0.3) is 0 Å². The Labute approximate surface area is 118 Å². The molecule has 2 aromatic rings. The van der Waals surface area contributed by atoms with Crippen molar-refractivity contribution in [2.75, 3.05) is 0 Å². The molecule has 1 atom stereocenters. The van der Waals surface area contributed by atoms with Crippen LogP contribution in [-0.4, -0.2) is 16.8 Å². The molecule has 1 aliphatic rings. The number of aromatic nitrogens is 1. The van der Waals surface area contributed by atoms with Gasteiger partial charge in [-0.15, -0.1) is 0 Å². The summed E-state index contributed by atoms with van der Waals surface area (Å²) in [5, 5.41) is 4.43. The van der Waals surface area contributed by atoms with Crippen molar-refractivity contribution in [1.29, 1.82) is 0 Å². The van der Waals surface area contributed by atoms with E-state index < -0.39 is 0 Å². The van der Waals surface area contributed by atoms with Crippen LogP contribution < -0.4 is 5.32 Å². The van der Waals surface area contributed by atoms with Crippen LogP contribution in [0.4, 0.5) is 0 Å². The summed E-state index contributed by atoms with van der Waals surface area (Å²) < 4.78 is 0.937. The highest BCUT2D eigenvalue weighted by atomic mass is 79.9. The largest absolute Gasteiger partial charge is 0.296 e. The van der Waals surface area contributed by atoms with Gasteiger partial charge in [0.05, 0.1) is 5.92 Å². The molecule has 96 valence electrons. The Hall–Kier alpha value is -1.75. The van der Waals surface area contributed by atoms with Crippen LogP contribution in [0, 0.1) is 0 Å². The van der Waals surface area contributed by atoms with Crippen LogP contribution in [0.5, 0.6) is 0 Å². The molecular weight excluding hydrogens is 308 g/mol. The zero-order chi connectivity index (χ0) is 13.4. The molecule has 5 heteroatoms. The molecular formula is C14H11BrN2O2. The fourth-order valence-corrected chi connectivity index (χ4v) is 3.02. The Balaban J connectivity index is 2.06. The zero-order valence-electron chi connectivity index (χ0n) is 10.0. The molecule has 2 amide bonds. The molecule has 1 N–H and O–H groups in total. The number of amides is 2. The molecule has 0 saturated carbocycles. The predicted octanol–water partition coefficient (Wildman–Crippen LogP) is 2.52. The Morgan fingerprint density at radius 1 is 1.32 bits per heavy atom. The normalized spacial score (nSPS) is 19.5. The minimum atomic E-state index is -0.265. The summed E-state index contributed by atoms with van der Waals surface area (Å²) in [4.78, 5) is 27.2. The second kappa shape index (κ2) is 4.74. The highest BCUT2D eigenvalue weighted by Crippen LogP contribution is 2.31. The maximum absolute atomic E-state index is 11.9. The maximum Gasteiger partial charge on any atom is 0.234 e. The van der Waals surface area contributed by atoms with E-state index in [0.29, 0.717) is 12.8 Å². The Morgan fingerprint density at radius 3 is 2.95 bits per heavy atom. The van der Waals surface area contributed by atoms with Crippen molar-refractivity contribution < 1.29 is 9.59 Å². The Bertz CT molecular complexity index is 684. The highest BCUT2D eigenvalue weighted by molar-refractivity contribution is 9.10. The highest BCUT2D eigenvalue weighted by Gasteiger charge is 2.28. The van der Waals surface area contributed by atoms with Crippen LogP contribution in [0.3, 0.4) is 0 Å². The average molecular weight is 319 g/mol. The average Bonchev–Trinajstić information content (AvgIpc) is 2.38. The van der Waals surface area contributed by atoms with E-state index in [1.807, 2.05) is 18.2 Å². The third-order valence-corrected chi connectivity index (χ3v) is 4.02. The quantitative estimate of drug-likeness (QED) is 0.822. The summed E-state index contributed by atoms with van der Waals surface area (Å²) in [5.74, 6) is -0.673. The summed E-state index contributed by atoms with van der Waals surface area (Å²) in [6.07, 6.45) is 4.45. The number of benzene rings is 1. The number of rotatable bonds is 1. The number of halogens is 1. The third kappa shape index (κ3) is 2.26. The van der Waals surface area contributed by atoms with E-state index in [2.05, 4.69) is 26.2 Å². The van der Waals surface area contributed by atoms with Crippen LogP contribution in [0.1, 0.15) is 24.3 Å². The van der Waals surface area contributed by atoms with Gasteiger partial charge in [-0.3, -0.25) is 19.9 Å². The molecule has 1 aromatic heterocycles. The van der Waals surface area contributed by atoms with Gasteiger partial charge in [0, 0.05) is 28.7 Å².